The van der Waals surface area contributed by atoms with E-state index in [-0.39, 0.29) is 23.7 Å². The van der Waals surface area contributed by atoms with Crippen LogP contribution in [-0.4, -0.2) is 18.2 Å². The first-order valence-electron chi connectivity index (χ1n) is 13.4. The molecule has 1 aromatic carbocycles. The number of carbonyl (C=O) groups is 1. The molecular formula is C30H40N2O3. The lowest BCUT2D eigenvalue weighted by Gasteiger charge is -2.33. The summed E-state index contributed by atoms with van der Waals surface area (Å²) in [6, 6.07) is 8.13. The maximum atomic E-state index is 12.5. The fraction of sp³-hybridized carbons (Fsp3) is 0.600. The van der Waals surface area contributed by atoms with Crippen molar-refractivity contribution in [1.82, 2.24) is 5.32 Å². The second-order valence-electron chi connectivity index (χ2n) is 11.1. The van der Waals surface area contributed by atoms with Gasteiger partial charge in [0.15, 0.2) is 0 Å². The molecule has 0 heterocycles. The average Bonchev–Trinajstić information content (AvgIpc) is 2.87. The van der Waals surface area contributed by atoms with Crippen LogP contribution in [0.1, 0.15) is 90.0 Å². The van der Waals surface area contributed by atoms with Gasteiger partial charge in [0, 0.05) is 11.5 Å². The Hall–Kier alpha value is -2.74. The van der Waals surface area contributed by atoms with Crippen molar-refractivity contribution in [2.24, 2.45) is 11.8 Å². The number of hydrogen-bond acceptors (Lipinski definition) is 4. The molecule has 1 aromatic rings. The molecule has 0 saturated heterocycles. The van der Waals surface area contributed by atoms with Crippen molar-refractivity contribution in [3.05, 3.63) is 53.6 Å². The van der Waals surface area contributed by atoms with E-state index in [0.29, 0.717) is 5.75 Å². The molecule has 5 nitrogen and oxygen atoms in total. The smallest absolute Gasteiger partial charge is 0.412 e. The third kappa shape index (κ3) is 6.90. The van der Waals surface area contributed by atoms with E-state index in [0.717, 1.165) is 63.2 Å². The number of carbonyl (C=O) groups excluding carboxylic acids is 1. The van der Waals surface area contributed by atoms with Gasteiger partial charge in [0.25, 0.3) is 6.26 Å². The molecule has 0 spiro atoms. The summed E-state index contributed by atoms with van der Waals surface area (Å²) in [5.41, 5.74) is 2.49. The first-order valence-corrected chi connectivity index (χ1v) is 13.4. The van der Waals surface area contributed by atoms with Crippen molar-refractivity contribution >= 4 is 6.09 Å². The lowest BCUT2D eigenvalue weighted by molar-refractivity contribution is 0.0911. The largest absolute Gasteiger partial charge is 0.424 e. The number of hydrogen-bond donors (Lipinski definition) is 1. The lowest BCUT2D eigenvalue weighted by atomic mass is 9.76. The normalized spacial score (nSPS) is 26.8. The van der Waals surface area contributed by atoms with E-state index in [2.05, 4.69) is 49.5 Å². The van der Waals surface area contributed by atoms with Crippen LogP contribution in [0, 0.1) is 23.4 Å². The summed E-state index contributed by atoms with van der Waals surface area (Å²) in [7, 11) is 0. The van der Waals surface area contributed by atoms with Gasteiger partial charge in [0.2, 0.25) is 0 Å². The number of amides is 1. The molecule has 0 radical (unpaired) electrons. The number of nitriles is 1. The lowest BCUT2D eigenvalue weighted by Crippen LogP contribution is -2.39. The number of allylic oxidation sites excluding steroid dienone is 4. The highest BCUT2D eigenvalue weighted by Gasteiger charge is 2.29. The molecule has 4 rings (SSSR count). The van der Waals surface area contributed by atoms with Crippen LogP contribution in [0.2, 0.25) is 0 Å². The Balaban J connectivity index is 1.18. The average molecular weight is 477 g/mol. The van der Waals surface area contributed by atoms with Gasteiger partial charge in [-0.25, -0.2) is 4.79 Å². The Morgan fingerprint density at radius 1 is 1.00 bits per heavy atom. The topological polar surface area (TPSA) is 71.3 Å². The Labute approximate surface area is 210 Å². The molecule has 3 aliphatic carbocycles. The molecule has 0 aromatic heterocycles. The second kappa shape index (κ2) is 11.8. The van der Waals surface area contributed by atoms with Crippen LogP contribution < -0.4 is 10.1 Å². The molecule has 35 heavy (non-hydrogen) atoms. The van der Waals surface area contributed by atoms with Gasteiger partial charge in [-0.3, -0.25) is 0 Å². The zero-order valence-electron chi connectivity index (χ0n) is 21.3. The van der Waals surface area contributed by atoms with Gasteiger partial charge >= 0.3 is 6.09 Å². The highest BCUT2D eigenvalue weighted by molar-refractivity contribution is 5.70. The van der Waals surface area contributed by atoms with Crippen LogP contribution in [0.3, 0.4) is 0 Å². The molecule has 0 atom stereocenters. The van der Waals surface area contributed by atoms with Crippen molar-refractivity contribution in [2.75, 3.05) is 0 Å². The van der Waals surface area contributed by atoms with Gasteiger partial charge in [0.1, 0.15) is 11.9 Å². The molecule has 188 valence electrons. The number of benzene rings is 1. The third-order valence-electron chi connectivity index (χ3n) is 8.35. The Morgan fingerprint density at radius 2 is 1.66 bits per heavy atom. The van der Waals surface area contributed by atoms with E-state index in [1.54, 1.807) is 0 Å². The molecule has 2 saturated carbocycles. The predicted octanol–water partition coefficient (Wildman–Crippen LogP) is 7.33. The van der Waals surface area contributed by atoms with Gasteiger partial charge in [0.05, 0.1) is 0 Å². The van der Waals surface area contributed by atoms with Gasteiger partial charge in [-0.1, -0.05) is 44.2 Å². The summed E-state index contributed by atoms with van der Waals surface area (Å²) in [6.07, 6.45) is 20.6. The molecule has 0 bridgehead atoms. The van der Waals surface area contributed by atoms with Crippen LogP contribution >= 0.6 is 0 Å². The number of nitrogens with one attached hydrogen (secondary N) is 1. The summed E-state index contributed by atoms with van der Waals surface area (Å²) in [6.45, 7) is 4.48. The monoisotopic (exact) mass is 476 g/mol. The second-order valence-corrected chi connectivity index (χ2v) is 11.1. The van der Waals surface area contributed by atoms with Crippen LogP contribution in [0.5, 0.6) is 5.75 Å². The van der Waals surface area contributed by atoms with Crippen molar-refractivity contribution in [2.45, 2.75) is 102 Å². The van der Waals surface area contributed by atoms with Crippen LogP contribution in [-0.2, 0) is 10.2 Å². The van der Waals surface area contributed by atoms with E-state index in [1.807, 2.05) is 18.4 Å². The molecule has 3 aliphatic rings. The van der Waals surface area contributed by atoms with E-state index < -0.39 is 0 Å². The van der Waals surface area contributed by atoms with E-state index >= 15 is 0 Å². The van der Waals surface area contributed by atoms with Gasteiger partial charge in [-0.15, -0.1) is 0 Å². The first kappa shape index (κ1) is 25.4. The Morgan fingerprint density at radius 3 is 2.26 bits per heavy atom. The van der Waals surface area contributed by atoms with Crippen molar-refractivity contribution in [3.63, 3.8) is 0 Å². The highest BCUT2D eigenvalue weighted by atomic mass is 16.6. The van der Waals surface area contributed by atoms with Crippen molar-refractivity contribution in [3.8, 4) is 12.0 Å². The predicted molar refractivity (Wildman–Crippen MR) is 138 cm³/mol. The van der Waals surface area contributed by atoms with Gasteiger partial charge in [-0.05, 0) is 106 Å². The minimum absolute atomic E-state index is 0.0694. The maximum Gasteiger partial charge on any atom is 0.412 e. The van der Waals surface area contributed by atoms with E-state index in [9.17, 15) is 4.79 Å². The van der Waals surface area contributed by atoms with E-state index in [1.165, 1.54) is 30.4 Å². The zero-order valence-corrected chi connectivity index (χ0v) is 21.3. The highest BCUT2D eigenvalue weighted by Crippen LogP contribution is 2.37. The number of nitrogens with zero attached hydrogens (tertiary/aromatic N) is 1. The summed E-state index contributed by atoms with van der Waals surface area (Å²) in [5.74, 6) is 2.08. The maximum absolute atomic E-state index is 12.5. The molecular weight excluding hydrogens is 436 g/mol. The van der Waals surface area contributed by atoms with Crippen LogP contribution in [0.4, 0.5) is 4.79 Å². The van der Waals surface area contributed by atoms with Crippen LogP contribution in [0.25, 0.3) is 0 Å². The number of rotatable bonds is 7. The summed E-state index contributed by atoms with van der Waals surface area (Å²) in [5, 5.41) is 11.8. The Bertz CT molecular complexity index is 941. The quantitative estimate of drug-likeness (QED) is 0.418. The van der Waals surface area contributed by atoms with Crippen molar-refractivity contribution in [1.29, 1.82) is 5.26 Å². The SMILES string of the molecule is CC(C)(C1=CCCC=C1)c1ccc(OC(=O)NC2CCC(CC3CCC(OC#N)CC3)CC2)cc1. The van der Waals surface area contributed by atoms with Gasteiger partial charge < -0.3 is 14.8 Å². The summed E-state index contributed by atoms with van der Waals surface area (Å²) >= 11 is 0. The minimum Gasteiger partial charge on any atom is -0.424 e. The fourth-order valence-corrected chi connectivity index (χ4v) is 6.06. The Kier molecular flexibility index (Phi) is 8.55. The number of ether oxygens (including phenoxy) is 2. The third-order valence-corrected chi connectivity index (χ3v) is 8.35. The summed E-state index contributed by atoms with van der Waals surface area (Å²) in [4.78, 5) is 12.5. The zero-order chi connectivity index (χ0) is 24.7. The summed E-state index contributed by atoms with van der Waals surface area (Å²) < 4.78 is 10.7. The molecule has 5 heteroatoms. The first-order chi connectivity index (χ1) is 16.9. The van der Waals surface area contributed by atoms with Crippen molar-refractivity contribution < 1.29 is 14.3 Å². The molecule has 0 aliphatic heterocycles. The van der Waals surface area contributed by atoms with Crippen LogP contribution in [0.15, 0.2) is 48.1 Å². The standard InChI is InChI=1S/C30H40N2O3/c1-30(2,24-6-4-3-5-7-24)25-12-18-28(19-13-25)35-29(33)32-26-14-8-22(9-15-26)20-23-10-16-27(17-11-23)34-21-31/h4,6-7,12-13,18-19,22-23,26-27H,3,5,8-11,14-17,20H2,1-2H3,(H,32,33). The van der Waals surface area contributed by atoms with Gasteiger partial charge in [-0.2, -0.15) is 5.26 Å². The van der Waals surface area contributed by atoms with E-state index in [4.69, 9.17) is 14.7 Å². The molecule has 0 unspecified atom stereocenters. The molecule has 2 fully saturated rings. The fourth-order valence-electron chi connectivity index (χ4n) is 6.06. The molecule has 1 N–H and O–H groups in total. The molecule has 1 amide bonds. The minimum atomic E-state index is -0.353.